The van der Waals surface area contributed by atoms with E-state index in [0.29, 0.717) is 5.02 Å². The van der Waals surface area contributed by atoms with E-state index in [1.54, 1.807) is 30.3 Å². The molecular formula is C21H15ClN4O4. The van der Waals surface area contributed by atoms with Crippen molar-refractivity contribution < 1.29 is 9.72 Å². The lowest BCUT2D eigenvalue weighted by atomic mass is 9.98. The molecule has 1 atom stereocenters. The third-order valence-corrected chi connectivity index (χ3v) is 4.61. The van der Waals surface area contributed by atoms with E-state index < -0.39 is 40.2 Å². The minimum absolute atomic E-state index is 0.408. The van der Waals surface area contributed by atoms with Gasteiger partial charge in [-0.2, -0.15) is 5.26 Å². The molecule has 0 saturated heterocycles. The van der Waals surface area contributed by atoms with Gasteiger partial charge in [-0.3, -0.25) is 24.3 Å². The van der Waals surface area contributed by atoms with Gasteiger partial charge in [0.15, 0.2) is 0 Å². The molecule has 0 saturated carbocycles. The normalized spacial score (nSPS) is 11.3. The van der Waals surface area contributed by atoms with Crippen LogP contribution in [-0.4, -0.2) is 15.4 Å². The van der Waals surface area contributed by atoms with E-state index in [1.165, 1.54) is 0 Å². The molecule has 1 heterocycles. The van der Waals surface area contributed by atoms with Crippen molar-refractivity contribution in [3.63, 3.8) is 0 Å². The van der Waals surface area contributed by atoms with Gasteiger partial charge < -0.3 is 5.32 Å². The molecule has 1 N–H and O–H groups in total. The number of carbonyl (C=O) groups excluding carboxylic acids is 1. The number of hydrogen-bond donors (Lipinski definition) is 1. The van der Waals surface area contributed by atoms with Crippen LogP contribution in [0.5, 0.6) is 0 Å². The Balaban J connectivity index is 1.91. The van der Waals surface area contributed by atoms with Gasteiger partial charge in [-0.15, -0.1) is 0 Å². The number of amides is 1. The lowest BCUT2D eigenvalue weighted by Crippen LogP contribution is -2.35. The van der Waals surface area contributed by atoms with Gasteiger partial charge in [0.05, 0.1) is 17.2 Å². The fourth-order valence-corrected chi connectivity index (χ4v) is 3.06. The van der Waals surface area contributed by atoms with Gasteiger partial charge in [0, 0.05) is 11.1 Å². The van der Waals surface area contributed by atoms with Crippen LogP contribution in [0.25, 0.3) is 0 Å². The number of hydrogen-bond acceptors (Lipinski definition) is 5. The number of rotatable bonds is 6. The minimum Gasteiger partial charge on any atom is -0.344 e. The smallest absolute Gasteiger partial charge is 0.287 e. The highest BCUT2D eigenvalue weighted by atomic mass is 35.5. The number of pyridine rings is 1. The van der Waals surface area contributed by atoms with Crippen molar-refractivity contribution in [1.82, 2.24) is 9.88 Å². The predicted octanol–water partition coefficient (Wildman–Crippen LogP) is 3.19. The Morgan fingerprint density at radius 1 is 1.17 bits per heavy atom. The maximum Gasteiger partial charge on any atom is 0.287 e. The van der Waals surface area contributed by atoms with E-state index in [2.05, 4.69) is 5.32 Å². The second kappa shape index (κ2) is 9.03. The number of nitro groups is 1. The van der Waals surface area contributed by atoms with Crippen LogP contribution >= 0.6 is 11.6 Å². The molecule has 3 rings (SSSR count). The Morgan fingerprint density at radius 3 is 2.40 bits per heavy atom. The predicted molar refractivity (Wildman–Crippen MR) is 110 cm³/mol. The molecule has 0 aliphatic heterocycles. The van der Waals surface area contributed by atoms with Crippen LogP contribution < -0.4 is 10.9 Å². The van der Waals surface area contributed by atoms with E-state index in [4.69, 9.17) is 16.9 Å². The largest absolute Gasteiger partial charge is 0.344 e. The van der Waals surface area contributed by atoms with Gasteiger partial charge >= 0.3 is 0 Å². The maximum absolute atomic E-state index is 12.7. The first-order valence-electron chi connectivity index (χ1n) is 8.78. The van der Waals surface area contributed by atoms with Gasteiger partial charge in [-0.05, 0) is 23.3 Å². The third-order valence-electron chi connectivity index (χ3n) is 4.36. The Morgan fingerprint density at radius 2 is 1.80 bits per heavy atom. The number of aromatic nitrogens is 1. The molecule has 9 heteroatoms. The number of nitriles is 1. The number of nitrogens with one attached hydrogen (secondary N) is 1. The summed E-state index contributed by atoms with van der Waals surface area (Å²) < 4.78 is 0.857. The lowest BCUT2D eigenvalue weighted by Gasteiger charge is -2.20. The minimum atomic E-state index is -0.777. The number of carbonyl (C=O) groups is 1. The molecule has 0 bridgehead atoms. The Kier molecular flexibility index (Phi) is 6.25. The highest BCUT2D eigenvalue weighted by molar-refractivity contribution is 6.30. The van der Waals surface area contributed by atoms with Crippen LogP contribution in [0.1, 0.15) is 22.7 Å². The van der Waals surface area contributed by atoms with Crippen molar-refractivity contribution in [2.45, 2.75) is 12.6 Å². The number of benzene rings is 2. The molecule has 0 unspecified atom stereocenters. The second-order valence-corrected chi connectivity index (χ2v) is 6.81. The maximum atomic E-state index is 12.7. The molecular weight excluding hydrogens is 408 g/mol. The first-order chi connectivity index (χ1) is 14.4. The van der Waals surface area contributed by atoms with Gasteiger partial charge in [-0.1, -0.05) is 54.1 Å². The van der Waals surface area contributed by atoms with Crippen LogP contribution in [0.2, 0.25) is 5.02 Å². The number of halogens is 1. The summed E-state index contributed by atoms with van der Waals surface area (Å²) in [5.74, 6) is -0.551. The molecule has 30 heavy (non-hydrogen) atoms. The Hall–Kier alpha value is -3.96. The average Bonchev–Trinajstić information content (AvgIpc) is 2.74. The van der Waals surface area contributed by atoms with E-state index in [0.717, 1.165) is 28.0 Å². The molecule has 150 valence electrons. The van der Waals surface area contributed by atoms with Gasteiger partial charge in [0.2, 0.25) is 5.91 Å². The van der Waals surface area contributed by atoms with Crippen LogP contribution in [0.15, 0.2) is 71.7 Å². The molecule has 0 aliphatic rings. The first-order valence-corrected chi connectivity index (χ1v) is 9.15. The highest BCUT2D eigenvalue weighted by Gasteiger charge is 2.19. The van der Waals surface area contributed by atoms with E-state index >= 15 is 0 Å². The molecule has 1 amide bonds. The summed E-state index contributed by atoms with van der Waals surface area (Å²) in [6.07, 6.45) is 0.947. The van der Waals surface area contributed by atoms with E-state index in [-0.39, 0.29) is 0 Å². The summed E-state index contributed by atoms with van der Waals surface area (Å²) in [6, 6.07) is 18.1. The topological polar surface area (TPSA) is 118 Å². The van der Waals surface area contributed by atoms with Gasteiger partial charge in [0.25, 0.3) is 11.2 Å². The summed E-state index contributed by atoms with van der Waals surface area (Å²) in [5.41, 5.74) is -0.0631. The lowest BCUT2D eigenvalue weighted by molar-refractivity contribution is -0.385. The van der Waals surface area contributed by atoms with Crippen LogP contribution in [0, 0.1) is 21.4 Å². The molecule has 8 nitrogen and oxygen atoms in total. The number of nitrogens with zero attached hydrogens (tertiary/aromatic N) is 3. The zero-order chi connectivity index (χ0) is 21.7. The molecule has 3 aromatic rings. The summed E-state index contributed by atoms with van der Waals surface area (Å²) in [7, 11) is 0. The zero-order valence-corrected chi connectivity index (χ0v) is 16.2. The van der Waals surface area contributed by atoms with Crippen molar-refractivity contribution in [2.75, 3.05) is 0 Å². The molecule has 0 radical (unpaired) electrons. The summed E-state index contributed by atoms with van der Waals surface area (Å²) >= 11 is 5.95. The van der Waals surface area contributed by atoms with E-state index in [9.17, 15) is 19.7 Å². The van der Waals surface area contributed by atoms with Crippen molar-refractivity contribution in [1.29, 1.82) is 5.26 Å². The first kappa shape index (κ1) is 20.8. The third kappa shape index (κ3) is 4.71. The average molecular weight is 423 g/mol. The van der Waals surface area contributed by atoms with Crippen LogP contribution in [0.3, 0.4) is 0 Å². The molecule has 0 spiro atoms. The van der Waals surface area contributed by atoms with Gasteiger partial charge in [0.1, 0.15) is 18.2 Å². The standard InChI is InChI=1S/C21H15ClN4O4/c22-17-8-6-15(7-9-17)20(14-4-2-1-3-5-14)24-19(27)13-25-12-18(26(29)30)10-16(11-23)21(25)28/h1-10,12,20H,13H2,(H,24,27)/t20-/m1/s1. The SMILES string of the molecule is N#Cc1cc([N+](=O)[O-])cn(CC(=O)N[C@H](c2ccccc2)c2ccc(Cl)cc2)c1=O. The summed E-state index contributed by atoms with van der Waals surface area (Å²) in [4.78, 5) is 35.4. The van der Waals surface area contributed by atoms with Crippen molar-refractivity contribution in [3.05, 3.63) is 109 Å². The van der Waals surface area contributed by atoms with Crippen LogP contribution in [-0.2, 0) is 11.3 Å². The zero-order valence-electron chi connectivity index (χ0n) is 15.5. The molecule has 0 fully saturated rings. The van der Waals surface area contributed by atoms with Crippen LogP contribution in [0.4, 0.5) is 5.69 Å². The molecule has 2 aromatic carbocycles. The molecule has 1 aromatic heterocycles. The van der Waals surface area contributed by atoms with Crippen molar-refractivity contribution in [3.8, 4) is 6.07 Å². The Bertz CT molecular complexity index is 1180. The second-order valence-electron chi connectivity index (χ2n) is 6.38. The van der Waals surface area contributed by atoms with Gasteiger partial charge in [-0.25, -0.2) is 0 Å². The fraction of sp³-hybridized carbons (Fsp3) is 0.0952. The summed E-state index contributed by atoms with van der Waals surface area (Å²) in [5, 5.41) is 23.5. The van der Waals surface area contributed by atoms with Crippen molar-refractivity contribution in [2.24, 2.45) is 0 Å². The fourth-order valence-electron chi connectivity index (χ4n) is 2.94. The van der Waals surface area contributed by atoms with E-state index in [1.807, 2.05) is 30.3 Å². The quantitative estimate of drug-likeness (QED) is 0.483. The summed E-state index contributed by atoms with van der Waals surface area (Å²) in [6.45, 7) is -0.480. The monoisotopic (exact) mass is 422 g/mol. The van der Waals surface area contributed by atoms with Crippen molar-refractivity contribution >= 4 is 23.2 Å². The molecule has 0 aliphatic carbocycles. The highest BCUT2D eigenvalue weighted by Crippen LogP contribution is 2.23. The Labute approximate surface area is 176 Å².